The Labute approximate surface area is 128 Å². The molecule has 5 heteroatoms. The highest BCUT2D eigenvalue weighted by Gasteiger charge is 2.24. The molecule has 4 nitrogen and oxygen atoms in total. The summed E-state index contributed by atoms with van der Waals surface area (Å²) >= 11 is 0. The molecule has 2 atom stereocenters. The second-order valence-electron chi connectivity index (χ2n) is 5.40. The molecule has 1 aromatic carbocycles. The zero-order chi connectivity index (χ0) is 15.9. The number of sulfone groups is 1. The average Bonchev–Trinajstić information content (AvgIpc) is 2.50. The second kappa shape index (κ2) is 8.39. The molecule has 0 amide bonds. The fraction of sp³-hybridized carbons (Fsp3) is 0.625. The zero-order valence-corrected chi connectivity index (χ0v) is 14.2. The van der Waals surface area contributed by atoms with Crippen molar-refractivity contribution in [3.8, 4) is 5.75 Å². The molecule has 0 aromatic heterocycles. The molecule has 0 aliphatic rings. The van der Waals surface area contributed by atoms with E-state index in [4.69, 9.17) is 4.74 Å². The molecule has 0 bridgehead atoms. The number of methoxy groups -OCH3 is 1. The lowest BCUT2D eigenvalue weighted by Gasteiger charge is -2.24. The van der Waals surface area contributed by atoms with Crippen LogP contribution in [0, 0.1) is 5.92 Å². The predicted octanol–water partition coefficient (Wildman–Crippen LogP) is 2.88. The third kappa shape index (κ3) is 5.32. The first-order valence-electron chi connectivity index (χ1n) is 7.54. The molecule has 1 N–H and O–H groups in total. The van der Waals surface area contributed by atoms with Crippen LogP contribution < -0.4 is 10.1 Å². The van der Waals surface area contributed by atoms with E-state index < -0.39 is 9.84 Å². The van der Waals surface area contributed by atoms with Crippen LogP contribution in [0.2, 0.25) is 0 Å². The van der Waals surface area contributed by atoms with Crippen LogP contribution in [0.5, 0.6) is 5.75 Å². The standard InChI is InChI=1S/C16H27NO3S/c1-5-11-17-16(13(3)6-2)12-21(18,19)15-9-7-14(20-4)8-10-15/h7-10,13,16-17H,5-6,11-12H2,1-4H3. The van der Waals surface area contributed by atoms with Gasteiger partial charge >= 0.3 is 0 Å². The number of rotatable bonds is 9. The zero-order valence-electron chi connectivity index (χ0n) is 13.4. The van der Waals surface area contributed by atoms with Crippen LogP contribution in [-0.2, 0) is 9.84 Å². The van der Waals surface area contributed by atoms with Crippen LogP contribution in [-0.4, -0.2) is 33.9 Å². The van der Waals surface area contributed by atoms with Crippen molar-refractivity contribution in [2.45, 2.75) is 44.6 Å². The molecule has 0 spiro atoms. The van der Waals surface area contributed by atoms with Gasteiger partial charge in [-0.3, -0.25) is 0 Å². The van der Waals surface area contributed by atoms with Gasteiger partial charge in [-0.05, 0) is 43.1 Å². The van der Waals surface area contributed by atoms with E-state index in [1.54, 1.807) is 31.4 Å². The second-order valence-corrected chi connectivity index (χ2v) is 7.44. The number of ether oxygens (including phenoxy) is 1. The Morgan fingerprint density at radius 2 is 1.81 bits per heavy atom. The maximum Gasteiger partial charge on any atom is 0.179 e. The maximum atomic E-state index is 12.5. The molecule has 0 saturated heterocycles. The van der Waals surface area contributed by atoms with Gasteiger partial charge in [0.05, 0.1) is 17.8 Å². The van der Waals surface area contributed by atoms with E-state index in [1.165, 1.54) is 0 Å². The normalized spacial score (nSPS) is 14.7. The quantitative estimate of drug-likeness (QED) is 0.761. The van der Waals surface area contributed by atoms with Gasteiger partial charge in [-0.15, -0.1) is 0 Å². The van der Waals surface area contributed by atoms with Crippen molar-refractivity contribution >= 4 is 9.84 Å². The van der Waals surface area contributed by atoms with Crippen LogP contribution in [0.15, 0.2) is 29.2 Å². The molecule has 0 fully saturated rings. The lowest BCUT2D eigenvalue weighted by atomic mass is 10.0. The summed E-state index contributed by atoms with van der Waals surface area (Å²) in [4.78, 5) is 0.356. The molecule has 1 aromatic rings. The topological polar surface area (TPSA) is 55.4 Å². The molecule has 120 valence electrons. The third-order valence-corrected chi connectivity index (χ3v) is 5.59. The summed E-state index contributed by atoms with van der Waals surface area (Å²) in [5.41, 5.74) is 0. The molecule has 1 rings (SSSR count). The minimum Gasteiger partial charge on any atom is -0.497 e. The van der Waals surface area contributed by atoms with Gasteiger partial charge in [0.2, 0.25) is 0 Å². The minimum absolute atomic E-state index is 0.0120. The molecule has 0 radical (unpaired) electrons. The molecule has 0 saturated carbocycles. The van der Waals surface area contributed by atoms with Crippen molar-refractivity contribution in [2.75, 3.05) is 19.4 Å². The number of hydrogen-bond acceptors (Lipinski definition) is 4. The van der Waals surface area contributed by atoms with Gasteiger partial charge < -0.3 is 10.1 Å². The molecular formula is C16H27NO3S. The van der Waals surface area contributed by atoms with Crippen LogP contribution in [0.4, 0.5) is 0 Å². The summed E-state index contributed by atoms with van der Waals surface area (Å²) in [6, 6.07) is 6.58. The molecule has 0 aliphatic carbocycles. The van der Waals surface area contributed by atoms with Gasteiger partial charge in [-0.1, -0.05) is 27.2 Å². The van der Waals surface area contributed by atoms with Crippen LogP contribution in [0.1, 0.15) is 33.6 Å². The summed E-state index contributed by atoms with van der Waals surface area (Å²) in [6.07, 6.45) is 1.95. The van der Waals surface area contributed by atoms with Gasteiger partial charge in [0, 0.05) is 6.04 Å². The first-order valence-corrected chi connectivity index (χ1v) is 9.20. The van der Waals surface area contributed by atoms with Gasteiger partial charge in [-0.2, -0.15) is 0 Å². The molecule has 21 heavy (non-hydrogen) atoms. The highest BCUT2D eigenvalue weighted by Crippen LogP contribution is 2.19. The Morgan fingerprint density at radius 1 is 1.19 bits per heavy atom. The van der Waals surface area contributed by atoms with Crippen LogP contribution >= 0.6 is 0 Å². The van der Waals surface area contributed by atoms with E-state index in [0.29, 0.717) is 16.6 Å². The van der Waals surface area contributed by atoms with Crippen molar-refractivity contribution in [1.82, 2.24) is 5.32 Å². The highest BCUT2D eigenvalue weighted by atomic mass is 32.2. The van der Waals surface area contributed by atoms with Gasteiger partial charge in [-0.25, -0.2) is 8.42 Å². The van der Waals surface area contributed by atoms with E-state index in [-0.39, 0.29) is 11.8 Å². The van der Waals surface area contributed by atoms with Crippen LogP contribution in [0.25, 0.3) is 0 Å². The first-order chi connectivity index (χ1) is 9.94. The van der Waals surface area contributed by atoms with Crippen LogP contribution in [0.3, 0.4) is 0 Å². The Hall–Kier alpha value is -1.07. The number of hydrogen-bond donors (Lipinski definition) is 1. The van der Waals surface area contributed by atoms with Crippen molar-refractivity contribution in [3.05, 3.63) is 24.3 Å². The molecule has 2 unspecified atom stereocenters. The van der Waals surface area contributed by atoms with Crippen molar-refractivity contribution < 1.29 is 13.2 Å². The SMILES string of the molecule is CCCNC(CS(=O)(=O)c1ccc(OC)cc1)C(C)CC. The number of benzene rings is 1. The largest absolute Gasteiger partial charge is 0.497 e. The third-order valence-electron chi connectivity index (χ3n) is 3.80. The van der Waals surface area contributed by atoms with E-state index >= 15 is 0 Å². The van der Waals surface area contributed by atoms with E-state index in [9.17, 15) is 8.42 Å². The minimum atomic E-state index is -3.29. The van der Waals surface area contributed by atoms with Gasteiger partial charge in [0.25, 0.3) is 0 Å². The van der Waals surface area contributed by atoms with Crippen molar-refractivity contribution in [2.24, 2.45) is 5.92 Å². The Morgan fingerprint density at radius 3 is 2.29 bits per heavy atom. The maximum absolute atomic E-state index is 12.5. The van der Waals surface area contributed by atoms with Crippen molar-refractivity contribution in [3.63, 3.8) is 0 Å². The molecule has 0 aliphatic heterocycles. The summed E-state index contributed by atoms with van der Waals surface area (Å²) in [5.74, 6) is 1.12. The average molecular weight is 313 g/mol. The van der Waals surface area contributed by atoms with E-state index in [0.717, 1.165) is 19.4 Å². The number of nitrogens with one attached hydrogen (secondary N) is 1. The van der Waals surface area contributed by atoms with Gasteiger partial charge in [0.15, 0.2) is 9.84 Å². The monoisotopic (exact) mass is 313 g/mol. The van der Waals surface area contributed by atoms with Crippen molar-refractivity contribution in [1.29, 1.82) is 0 Å². The van der Waals surface area contributed by atoms with E-state index in [2.05, 4.69) is 26.1 Å². The molecule has 0 heterocycles. The Bertz CT molecular complexity index is 511. The first kappa shape index (κ1) is 18.0. The van der Waals surface area contributed by atoms with E-state index in [1.807, 2.05) is 0 Å². The Balaban J connectivity index is 2.88. The lowest BCUT2D eigenvalue weighted by Crippen LogP contribution is -2.41. The summed E-state index contributed by atoms with van der Waals surface area (Å²) in [5, 5.41) is 3.36. The Kier molecular flexibility index (Phi) is 7.18. The lowest BCUT2D eigenvalue weighted by molar-refractivity contribution is 0.391. The smallest absolute Gasteiger partial charge is 0.179 e. The predicted molar refractivity (Wildman–Crippen MR) is 86.6 cm³/mol. The highest BCUT2D eigenvalue weighted by molar-refractivity contribution is 7.91. The summed E-state index contributed by atoms with van der Waals surface area (Å²) in [6.45, 7) is 7.11. The summed E-state index contributed by atoms with van der Waals surface area (Å²) in [7, 11) is -1.72. The summed E-state index contributed by atoms with van der Waals surface area (Å²) < 4.78 is 30.2. The fourth-order valence-electron chi connectivity index (χ4n) is 2.15. The fourth-order valence-corrected chi connectivity index (χ4v) is 3.82. The molecular weight excluding hydrogens is 286 g/mol. The van der Waals surface area contributed by atoms with Gasteiger partial charge in [0.1, 0.15) is 5.75 Å².